The van der Waals surface area contributed by atoms with Gasteiger partial charge in [-0.1, -0.05) is 55.3 Å². The highest BCUT2D eigenvalue weighted by Gasteiger charge is 2.51. The third-order valence-electron chi connectivity index (χ3n) is 6.26. The zero-order chi connectivity index (χ0) is 31.5. The highest BCUT2D eigenvalue weighted by Crippen LogP contribution is 2.36. The van der Waals surface area contributed by atoms with Crippen molar-refractivity contribution in [1.29, 1.82) is 0 Å². The van der Waals surface area contributed by atoms with E-state index in [1.165, 1.54) is 27.7 Å². The molecule has 15 heteroatoms. The van der Waals surface area contributed by atoms with E-state index in [0.717, 1.165) is 31.0 Å². The van der Waals surface area contributed by atoms with Crippen LogP contribution in [0.3, 0.4) is 0 Å². The monoisotopic (exact) mass is 640 g/mol. The van der Waals surface area contributed by atoms with Gasteiger partial charge in [0, 0.05) is 34.2 Å². The molecule has 1 N–H and O–H groups in total. The van der Waals surface area contributed by atoms with Gasteiger partial charge in [-0.15, -0.1) is 10.2 Å². The number of halogens is 1. The van der Waals surface area contributed by atoms with Crippen molar-refractivity contribution in [2.45, 2.75) is 102 Å². The number of unbranched alkanes of at least 4 members (excludes halogenated alkanes) is 2. The normalized spacial score (nSPS) is 21.5. The number of para-hydroxylation sites is 1. The predicted octanol–water partition coefficient (Wildman–Crippen LogP) is 3.45. The van der Waals surface area contributed by atoms with Crippen molar-refractivity contribution in [2.75, 3.05) is 6.61 Å². The molecular weight excluding hydrogens is 604 g/mol. The first-order valence-electron chi connectivity index (χ1n) is 13.9. The zero-order valence-electron chi connectivity index (χ0n) is 24.7. The number of carbonyl (C=O) groups excluding carboxylic acids is 4. The Morgan fingerprint density at radius 1 is 1.00 bits per heavy atom. The van der Waals surface area contributed by atoms with Gasteiger partial charge in [-0.05, 0) is 18.6 Å². The van der Waals surface area contributed by atoms with E-state index in [9.17, 15) is 19.2 Å². The van der Waals surface area contributed by atoms with E-state index >= 15 is 0 Å². The largest absolute Gasteiger partial charge is 0.484 e. The minimum atomic E-state index is -1.18. The zero-order valence-corrected chi connectivity index (χ0v) is 26.3. The molecule has 1 aromatic heterocycles. The van der Waals surface area contributed by atoms with Crippen molar-refractivity contribution >= 4 is 47.2 Å². The molecule has 0 spiro atoms. The quantitative estimate of drug-likeness (QED) is 0.182. The van der Waals surface area contributed by atoms with Gasteiger partial charge in [0.1, 0.15) is 36.5 Å². The molecular formula is C28H37ClN4O9S. The molecule has 1 amide bonds. The minimum Gasteiger partial charge on any atom is -0.484 e. The Labute approximate surface area is 259 Å². The van der Waals surface area contributed by atoms with Gasteiger partial charge in [-0.2, -0.15) is 0 Å². The Morgan fingerprint density at radius 3 is 2.33 bits per heavy atom. The number of thioether (sulfide) groups is 1. The molecule has 1 fully saturated rings. The van der Waals surface area contributed by atoms with Crippen LogP contribution in [0.1, 0.15) is 59.7 Å². The first kappa shape index (κ1) is 34.1. The fourth-order valence-corrected chi connectivity index (χ4v) is 5.83. The fraction of sp³-hybridized carbons (Fsp3) is 0.571. The molecule has 1 aliphatic rings. The Hall–Kier alpha value is -3.36. The SMILES string of the molecule is CCCCCn1c(COc2ccccc2Cl)nnc1S[C@H]1O[C@H](COC(C)=O)[C@@H](OC(C)=O)[C@H](OC(C)=O)[C@H]1NC(C)=O. The van der Waals surface area contributed by atoms with E-state index in [1.54, 1.807) is 18.2 Å². The molecule has 13 nitrogen and oxygen atoms in total. The van der Waals surface area contributed by atoms with Crippen molar-refractivity contribution < 1.29 is 42.9 Å². The molecule has 0 unspecified atom stereocenters. The molecule has 0 radical (unpaired) electrons. The van der Waals surface area contributed by atoms with Crippen molar-refractivity contribution in [2.24, 2.45) is 0 Å². The fourth-order valence-electron chi connectivity index (χ4n) is 4.46. The van der Waals surface area contributed by atoms with Gasteiger partial charge >= 0.3 is 17.9 Å². The Morgan fingerprint density at radius 2 is 1.70 bits per heavy atom. The highest BCUT2D eigenvalue weighted by atomic mass is 35.5. The second-order valence-electron chi connectivity index (χ2n) is 9.81. The van der Waals surface area contributed by atoms with Crippen molar-refractivity contribution in [3.63, 3.8) is 0 Å². The van der Waals surface area contributed by atoms with E-state index in [-0.39, 0.29) is 13.2 Å². The molecule has 0 bridgehead atoms. The van der Waals surface area contributed by atoms with E-state index in [4.69, 9.17) is 35.3 Å². The molecule has 5 atom stereocenters. The molecule has 0 saturated carbocycles. The average Bonchev–Trinajstić information content (AvgIpc) is 3.30. The first-order valence-corrected chi connectivity index (χ1v) is 15.1. The third kappa shape index (κ3) is 10.1. The Kier molecular flexibility index (Phi) is 13.1. The van der Waals surface area contributed by atoms with Crippen LogP contribution in [0.4, 0.5) is 0 Å². The van der Waals surface area contributed by atoms with Crippen LogP contribution < -0.4 is 10.1 Å². The van der Waals surface area contributed by atoms with Gasteiger partial charge in [-0.3, -0.25) is 19.2 Å². The van der Waals surface area contributed by atoms with Crippen LogP contribution in [0, 0.1) is 0 Å². The summed E-state index contributed by atoms with van der Waals surface area (Å²) in [5.74, 6) is -1.33. The molecule has 236 valence electrons. The lowest BCUT2D eigenvalue weighted by Gasteiger charge is -2.44. The number of rotatable bonds is 14. The summed E-state index contributed by atoms with van der Waals surface area (Å²) in [4.78, 5) is 48.1. The molecule has 1 saturated heterocycles. The van der Waals surface area contributed by atoms with Gasteiger partial charge in [0.2, 0.25) is 5.91 Å². The third-order valence-corrected chi connectivity index (χ3v) is 7.73. The minimum absolute atomic E-state index is 0.0870. The maximum Gasteiger partial charge on any atom is 0.303 e. The number of hydrogen-bond acceptors (Lipinski definition) is 12. The van der Waals surface area contributed by atoms with Crippen molar-refractivity contribution in [3.05, 3.63) is 35.1 Å². The summed E-state index contributed by atoms with van der Waals surface area (Å²) in [6.07, 6.45) is -0.593. The maximum atomic E-state index is 12.3. The summed E-state index contributed by atoms with van der Waals surface area (Å²) < 4.78 is 30.4. The van der Waals surface area contributed by atoms with Gasteiger partial charge in [0.15, 0.2) is 23.2 Å². The summed E-state index contributed by atoms with van der Waals surface area (Å²) >= 11 is 7.39. The van der Waals surface area contributed by atoms with E-state index < -0.39 is 53.6 Å². The van der Waals surface area contributed by atoms with E-state index in [2.05, 4.69) is 22.4 Å². The second-order valence-corrected chi connectivity index (χ2v) is 11.3. The highest BCUT2D eigenvalue weighted by molar-refractivity contribution is 7.99. The number of aromatic nitrogens is 3. The molecule has 0 aliphatic carbocycles. The molecule has 1 aliphatic heterocycles. The number of amides is 1. The number of carbonyl (C=O) groups is 4. The van der Waals surface area contributed by atoms with Gasteiger partial charge in [0.25, 0.3) is 0 Å². The maximum absolute atomic E-state index is 12.3. The average molecular weight is 641 g/mol. The summed E-state index contributed by atoms with van der Waals surface area (Å²) in [6, 6.07) is 6.11. The summed E-state index contributed by atoms with van der Waals surface area (Å²) in [6.45, 7) is 7.37. The van der Waals surface area contributed by atoms with Crippen molar-refractivity contribution in [3.8, 4) is 5.75 Å². The second kappa shape index (κ2) is 16.5. The summed E-state index contributed by atoms with van der Waals surface area (Å²) in [5.41, 5.74) is -0.924. The predicted molar refractivity (Wildman–Crippen MR) is 155 cm³/mol. The van der Waals surface area contributed by atoms with Gasteiger partial charge in [-0.25, -0.2) is 0 Å². The van der Waals surface area contributed by atoms with Crippen LogP contribution in [0.15, 0.2) is 29.4 Å². The Balaban J connectivity index is 1.98. The van der Waals surface area contributed by atoms with Crippen LogP contribution in [-0.4, -0.2) is 75.0 Å². The van der Waals surface area contributed by atoms with Crippen molar-refractivity contribution in [1.82, 2.24) is 20.1 Å². The number of nitrogens with zero attached hydrogens (tertiary/aromatic N) is 3. The number of hydrogen-bond donors (Lipinski definition) is 1. The number of ether oxygens (including phenoxy) is 5. The molecule has 43 heavy (non-hydrogen) atoms. The van der Waals surface area contributed by atoms with E-state index in [0.29, 0.717) is 28.3 Å². The lowest BCUT2D eigenvalue weighted by Crippen LogP contribution is -2.65. The lowest BCUT2D eigenvalue weighted by atomic mass is 9.97. The smallest absolute Gasteiger partial charge is 0.303 e. The molecule has 3 rings (SSSR count). The van der Waals surface area contributed by atoms with Crippen LogP contribution in [0.25, 0.3) is 0 Å². The number of nitrogens with one attached hydrogen (secondary N) is 1. The topological polar surface area (TPSA) is 157 Å². The summed E-state index contributed by atoms with van der Waals surface area (Å²) in [5, 5.41) is 12.4. The van der Waals surface area contributed by atoms with Crippen LogP contribution in [0.5, 0.6) is 5.75 Å². The first-order chi connectivity index (χ1) is 20.5. The molecule has 1 aromatic carbocycles. The number of benzene rings is 1. The standard InChI is InChI=1S/C28H37ClN4O9S/c1-6-7-10-13-33-23(15-39-21-12-9-8-11-20(21)29)31-32-28(33)43-27-24(30-16(2)34)26(41-19(5)37)25(40-18(4)36)22(42-27)14-38-17(3)35/h8-9,11-12,22,24-27H,6-7,10,13-15H2,1-5H3,(H,30,34)/t22-,24-,25-,26-,27-/m1/s1. The summed E-state index contributed by atoms with van der Waals surface area (Å²) in [7, 11) is 0. The van der Waals surface area contributed by atoms with Crippen LogP contribution in [0.2, 0.25) is 5.02 Å². The van der Waals surface area contributed by atoms with Crippen LogP contribution in [-0.2, 0) is 51.3 Å². The van der Waals surface area contributed by atoms with E-state index in [1.807, 2.05) is 10.6 Å². The molecule has 2 aromatic rings. The van der Waals surface area contributed by atoms with Crippen LogP contribution >= 0.6 is 23.4 Å². The number of esters is 3. The van der Waals surface area contributed by atoms with Gasteiger partial charge < -0.3 is 33.6 Å². The molecule has 2 heterocycles. The van der Waals surface area contributed by atoms with Gasteiger partial charge in [0.05, 0.1) is 5.02 Å². The Bertz CT molecular complexity index is 1280. The lowest BCUT2D eigenvalue weighted by molar-refractivity contribution is -0.211.